The van der Waals surface area contributed by atoms with Crippen molar-refractivity contribution in [3.63, 3.8) is 0 Å². The Morgan fingerprint density at radius 1 is 1.65 bits per heavy atom. The lowest BCUT2D eigenvalue weighted by Crippen LogP contribution is -2.42. The molecular formula is C11H17N3O3. The highest BCUT2D eigenvalue weighted by Gasteiger charge is 2.55. The monoisotopic (exact) mass is 239 g/mol. The van der Waals surface area contributed by atoms with Crippen molar-refractivity contribution in [2.45, 2.75) is 31.2 Å². The Morgan fingerprint density at radius 3 is 2.65 bits per heavy atom. The second-order valence-corrected chi connectivity index (χ2v) is 4.57. The van der Waals surface area contributed by atoms with Crippen LogP contribution in [0.3, 0.4) is 0 Å². The zero-order valence-electron chi connectivity index (χ0n) is 10.2. The van der Waals surface area contributed by atoms with Gasteiger partial charge in [-0.3, -0.25) is 4.79 Å². The number of carboxylic acids is 1. The van der Waals surface area contributed by atoms with Crippen LogP contribution in [0.25, 0.3) is 0 Å². The number of rotatable bonds is 4. The summed E-state index contributed by atoms with van der Waals surface area (Å²) in [6, 6.07) is -0.903. The number of hydrogen-bond acceptors (Lipinski definition) is 4. The highest BCUT2D eigenvalue weighted by atomic mass is 16.5. The minimum atomic E-state index is -0.979. The zero-order valence-corrected chi connectivity index (χ0v) is 10.2. The molecule has 94 valence electrons. The van der Waals surface area contributed by atoms with Crippen LogP contribution < -0.4 is 10.5 Å². The van der Waals surface area contributed by atoms with Crippen LogP contribution in [0, 0.1) is 6.92 Å². The number of hydrogen-bond donors (Lipinski definition) is 2. The van der Waals surface area contributed by atoms with Gasteiger partial charge in [-0.1, -0.05) is 0 Å². The summed E-state index contributed by atoms with van der Waals surface area (Å²) in [7, 11) is 3.33. The second kappa shape index (κ2) is 3.73. The fourth-order valence-corrected chi connectivity index (χ4v) is 2.53. The maximum atomic E-state index is 11.1. The maximum Gasteiger partial charge on any atom is 0.321 e. The minimum absolute atomic E-state index is 0.504. The number of aromatic nitrogens is 2. The Morgan fingerprint density at radius 2 is 2.24 bits per heavy atom. The van der Waals surface area contributed by atoms with Gasteiger partial charge in [-0.15, -0.1) is 0 Å². The molecule has 6 heteroatoms. The van der Waals surface area contributed by atoms with E-state index in [1.165, 1.54) is 0 Å². The lowest BCUT2D eigenvalue weighted by molar-refractivity contribution is -0.139. The third kappa shape index (κ3) is 1.59. The Labute approximate surface area is 99.4 Å². The molecule has 1 unspecified atom stereocenters. The third-order valence-corrected chi connectivity index (χ3v) is 3.51. The zero-order chi connectivity index (χ0) is 12.8. The molecule has 1 aromatic rings. The van der Waals surface area contributed by atoms with E-state index in [0.717, 1.165) is 24.1 Å². The first kappa shape index (κ1) is 11.9. The molecule has 1 aliphatic rings. The average Bonchev–Trinajstić information content (AvgIpc) is 2.99. The number of ether oxygens (including phenoxy) is 1. The normalized spacial score (nSPS) is 18.8. The van der Waals surface area contributed by atoms with Crippen LogP contribution in [0.15, 0.2) is 0 Å². The molecule has 1 aliphatic carbocycles. The maximum absolute atomic E-state index is 11.1. The average molecular weight is 239 g/mol. The topological polar surface area (TPSA) is 90.4 Å². The lowest BCUT2D eigenvalue weighted by atomic mass is 9.88. The number of carbonyl (C=O) groups is 1. The van der Waals surface area contributed by atoms with Crippen molar-refractivity contribution in [1.82, 2.24) is 9.78 Å². The van der Waals surface area contributed by atoms with E-state index < -0.39 is 17.4 Å². The van der Waals surface area contributed by atoms with Gasteiger partial charge in [0.05, 0.1) is 12.8 Å². The Bertz CT molecular complexity index is 463. The summed E-state index contributed by atoms with van der Waals surface area (Å²) in [5, 5.41) is 13.4. The van der Waals surface area contributed by atoms with Crippen molar-refractivity contribution < 1.29 is 14.6 Å². The summed E-state index contributed by atoms with van der Waals surface area (Å²) >= 11 is 0. The molecule has 0 amide bonds. The highest BCUT2D eigenvalue weighted by molar-refractivity contribution is 5.77. The number of nitrogens with two attached hydrogens (primary N) is 1. The van der Waals surface area contributed by atoms with Gasteiger partial charge in [0.2, 0.25) is 5.88 Å². The Kier molecular flexibility index (Phi) is 2.61. The first-order chi connectivity index (χ1) is 7.94. The summed E-state index contributed by atoms with van der Waals surface area (Å²) in [5.74, 6) is -0.371. The minimum Gasteiger partial charge on any atom is -0.481 e. The van der Waals surface area contributed by atoms with Crippen LogP contribution in [-0.4, -0.2) is 34.0 Å². The van der Waals surface area contributed by atoms with E-state index in [1.54, 1.807) is 18.8 Å². The van der Waals surface area contributed by atoms with Crippen LogP contribution in [-0.2, 0) is 17.3 Å². The van der Waals surface area contributed by atoms with Gasteiger partial charge >= 0.3 is 5.97 Å². The quantitative estimate of drug-likeness (QED) is 0.782. The van der Waals surface area contributed by atoms with Crippen molar-refractivity contribution in [3.05, 3.63) is 11.3 Å². The number of nitrogens with zero attached hydrogens (tertiary/aromatic N) is 2. The van der Waals surface area contributed by atoms with Crippen LogP contribution in [0.2, 0.25) is 0 Å². The van der Waals surface area contributed by atoms with E-state index in [-0.39, 0.29) is 0 Å². The van der Waals surface area contributed by atoms with Crippen molar-refractivity contribution in [3.8, 4) is 5.88 Å². The Hall–Kier alpha value is -1.56. The van der Waals surface area contributed by atoms with E-state index in [1.807, 2.05) is 6.92 Å². The molecule has 17 heavy (non-hydrogen) atoms. The fourth-order valence-electron chi connectivity index (χ4n) is 2.53. The number of aryl methyl sites for hydroxylation is 2. The van der Waals surface area contributed by atoms with Gasteiger partial charge in [0.25, 0.3) is 0 Å². The molecule has 2 rings (SSSR count). The molecule has 6 nitrogen and oxygen atoms in total. The van der Waals surface area contributed by atoms with E-state index in [4.69, 9.17) is 15.6 Å². The molecule has 1 heterocycles. The molecule has 0 saturated heterocycles. The summed E-state index contributed by atoms with van der Waals surface area (Å²) in [4.78, 5) is 11.1. The van der Waals surface area contributed by atoms with Gasteiger partial charge in [0.1, 0.15) is 6.04 Å². The summed E-state index contributed by atoms with van der Waals surface area (Å²) in [5.41, 5.74) is 6.93. The molecule has 1 atom stereocenters. The largest absolute Gasteiger partial charge is 0.481 e. The van der Waals surface area contributed by atoms with Crippen LogP contribution >= 0.6 is 0 Å². The summed E-state index contributed by atoms with van der Waals surface area (Å²) in [6.07, 6.45) is 1.53. The molecule has 3 N–H and O–H groups in total. The van der Waals surface area contributed by atoms with Gasteiger partial charge in [0, 0.05) is 18.0 Å². The lowest BCUT2D eigenvalue weighted by Gasteiger charge is -2.20. The number of aliphatic carboxylic acids is 1. The van der Waals surface area contributed by atoms with E-state index >= 15 is 0 Å². The molecule has 0 radical (unpaired) electrons. The second-order valence-electron chi connectivity index (χ2n) is 4.57. The van der Waals surface area contributed by atoms with Crippen molar-refractivity contribution in [2.24, 2.45) is 12.8 Å². The Balaban J connectivity index is 2.50. The molecule has 0 bridgehead atoms. The predicted octanol–water partition coefficient (Wildman–Crippen LogP) is 0.181. The SMILES string of the molecule is COc1c(C2(C(N)C(=O)O)CC2)c(C)nn1C. The fraction of sp³-hybridized carbons (Fsp3) is 0.636. The van der Waals surface area contributed by atoms with E-state index in [2.05, 4.69) is 5.10 Å². The summed E-state index contributed by atoms with van der Waals surface area (Å²) < 4.78 is 6.93. The van der Waals surface area contributed by atoms with Crippen molar-refractivity contribution in [1.29, 1.82) is 0 Å². The van der Waals surface area contributed by atoms with Crippen molar-refractivity contribution >= 4 is 5.97 Å². The highest BCUT2D eigenvalue weighted by Crippen LogP contribution is 2.54. The van der Waals surface area contributed by atoms with Gasteiger partial charge < -0.3 is 15.6 Å². The molecular weight excluding hydrogens is 222 g/mol. The third-order valence-electron chi connectivity index (χ3n) is 3.51. The first-order valence-electron chi connectivity index (χ1n) is 5.50. The van der Waals surface area contributed by atoms with Gasteiger partial charge in [-0.25, -0.2) is 4.68 Å². The van der Waals surface area contributed by atoms with Gasteiger partial charge in [-0.05, 0) is 19.8 Å². The number of methoxy groups -OCH3 is 1. The molecule has 0 aromatic carbocycles. The smallest absolute Gasteiger partial charge is 0.321 e. The van der Waals surface area contributed by atoms with Gasteiger partial charge in [-0.2, -0.15) is 5.10 Å². The molecule has 0 aliphatic heterocycles. The molecule has 1 fully saturated rings. The summed E-state index contributed by atoms with van der Waals surface area (Å²) in [6.45, 7) is 1.85. The molecule has 1 aromatic heterocycles. The van der Waals surface area contributed by atoms with Crippen molar-refractivity contribution in [2.75, 3.05) is 7.11 Å². The number of carboxylic acid groups (broad SMARTS) is 1. The van der Waals surface area contributed by atoms with Crippen LogP contribution in [0.5, 0.6) is 5.88 Å². The van der Waals surface area contributed by atoms with Gasteiger partial charge in [0.15, 0.2) is 0 Å². The van der Waals surface area contributed by atoms with Crippen LogP contribution in [0.1, 0.15) is 24.1 Å². The van der Waals surface area contributed by atoms with E-state index in [0.29, 0.717) is 5.88 Å². The molecule has 0 spiro atoms. The predicted molar refractivity (Wildman–Crippen MR) is 61.0 cm³/mol. The first-order valence-corrected chi connectivity index (χ1v) is 5.50. The molecule has 1 saturated carbocycles. The van der Waals surface area contributed by atoms with E-state index in [9.17, 15) is 4.79 Å². The van der Waals surface area contributed by atoms with Crippen LogP contribution in [0.4, 0.5) is 0 Å². The standard InChI is InChI=1S/C11H17N3O3/c1-6-7(9(17-3)14(2)13-6)11(4-5-11)8(12)10(15)16/h8H,4-5,12H2,1-3H3,(H,15,16).